The minimum Gasteiger partial charge on any atom is -0.0622 e. The zero-order valence-electron chi connectivity index (χ0n) is 16.3. The number of allylic oxidation sites excluding steroid dienone is 4. The zero-order valence-corrected chi connectivity index (χ0v) is 16.3. The molecule has 2 rings (SSSR count). The quantitative estimate of drug-likeness (QED) is 0.549. The highest BCUT2D eigenvalue weighted by atomic mass is 14.4. The van der Waals surface area contributed by atoms with Gasteiger partial charge in [0.25, 0.3) is 0 Å². The van der Waals surface area contributed by atoms with E-state index in [0.717, 1.165) is 0 Å². The van der Waals surface area contributed by atoms with Crippen LogP contribution < -0.4 is 0 Å². The van der Waals surface area contributed by atoms with Crippen molar-refractivity contribution in [1.82, 2.24) is 0 Å². The van der Waals surface area contributed by atoms with Gasteiger partial charge < -0.3 is 0 Å². The van der Waals surface area contributed by atoms with Crippen LogP contribution >= 0.6 is 0 Å². The lowest BCUT2D eigenvalue weighted by molar-refractivity contribution is 0.633. The van der Waals surface area contributed by atoms with Crippen molar-refractivity contribution in [2.75, 3.05) is 0 Å². The Labute approximate surface area is 143 Å². The first-order valence-corrected chi connectivity index (χ1v) is 9.30. The number of benzene rings is 1. The van der Waals surface area contributed by atoms with Gasteiger partial charge in [0, 0.05) is 5.92 Å². The Balaban J connectivity index is 2.78. The van der Waals surface area contributed by atoms with Crippen LogP contribution in [0.2, 0.25) is 0 Å². The van der Waals surface area contributed by atoms with Gasteiger partial charge in [-0.2, -0.15) is 0 Å². The summed E-state index contributed by atoms with van der Waals surface area (Å²) in [4.78, 5) is 0. The molecule has 126 valence electrons. The van der Waals surface area contributed by atoms with Gasteiger partial charge in [-0.25, -0.2) is 0 Å². The Morgan fingerprint density at radius 2 is 0.957 bits per heavy atom. The smallest absolute Gasteiger partial charge is 0.0274 e. The second-order valence-electron chi connectivity index (χ2n) is 8.20. The SMILES string of the molecule is CC(C)C1=C(C(C)C)C(c2ccccc2)C(C(C)C)=C1C(C)C. The molecular weight excluding hydrogens is 276 g/mol. The van der Waals surface area contributed by atoms with Crippen molar-refractivity contribution in [2.24, 2.45) is 23.7 Å². The Kier molecular flexibility index (Phi) is 5.55. The van der Waals surface area contributed by atoms with Gasteiger partial charge in [0.1, 0.15) is 0 Å². The van der Waals surface area contributed by atoms with E-state index in [9.17, 15) is 0 Å². The standard InChI is InChI=1S/C23H34/c1-14(2)19-20(15(3)4)22(17(7)8)23(21(19)16(5)6)18-12-10-9-11-13-18/h9-17,23H,1-8H3. The fraction of sp³-hybridized carbons (Fsp3) is 0.565. The van der Waals surface area contributed by atoms with Gasteiger partial charge in [0.05, 0.1) is 0 Å². The lowest BCUT2D eigenvalue weighted by Crippen LogP contribution is -2.12. The zero-order chi connectivity index (χ0) is 17.3. The first-order chi connectivity index (χ1) is 10.8. The van der Waals surface area contributed by atoms with Crippen molar-refractivity contribution in [3.05, 3.63) is 58.2 Å². The molecule has 0 aromatic heterocycles. The predicted octanol–water partition coefficient (Wildman–Crippen LogP) is 7.00. The average Bonchev–Trinajstić information content (AvgIpc) is 2.84. The molecule has 1 aromatic carbocycles. The lowest BCUT2D eigenvalue weighted by Gasteiger charge is -2.26. The van der Waals surface area contributed by atoms with E-state index in [1.165, 1.54) is 5.56 Å². The molecule has 0 saturated carbocycles. The molecule has 0 heteroatoms. The summed E-state index contributed by atoms with van der Waals surface area (Å²) in [5.74, 6) is 2.83. The maximum absolute atomic E-state index is 2.37. The third-order valence-corrected chi connectivity index (χ3v) is 5.07. The molecule has 23 heavy (non-hydrogen) atoms. The van der Waals surface area contributed by atoms with Crippen molar-refractivity contribution in [2.45, 2.75) is 61.3 Å². The number of hydrogen-bond acceptors (Lipinski definition) is 0. The minimum absolute atomic E-state index is 0.478. The summed E-state index contributed by atoms with van der Waals surface area (Å²) in [5.41, 5.74) is 8.09. The molecule has 0 amide bonds. The summed E-state index contributed by atoms with van der Waals surface area (Å²) in [5, 5.41) is 0. The summed E-state index contributed by atoms with van der Waals surface area (Å²) >= 11 is 0. The molecule has 0 bridgehead atoms. The van der Waals surface area contributed by atoms with E-state index in [1.807, 2.05) is 0 Å². The minimum atomic E-state index is 0.478. The molecule has 0 nitrogen and oxygen atoms in total. The number of rotatable bonds is 5. The molecule has 0 radical (unpaired) electrons. The number of hydrogen-bond donors (Lipinski definition) is 0. The van der Waals surface area contributed by atoms with Crippen LogP contribution in [0.15, 0.2) is 52.6 Å². The van der Waals surface area contributed by atoms with Crippen LogP contribution in [0.4, 0.5) is 0 Å². The van der Waals surface area contributed by atoms with Crippen LogP contribution in [-0.4, -0.2) is 0 Å². The van der Waals surface area contributed by atoms with Crippen molar-refractivity contribution >= 4 is 0 Å². The predicted molar refractivity (Wildman–Crippen MR) is 103 cm³/mol. The van der Waals surface area contributed by atoms with Crippen LogP contribution in [0.25, 0.3) is 0 Å². The Morgan fingerprint density at radius 1 is 0.565 bits per heavy atom. The second-order valence-corrected chi connectivity index (χ2v) is 8.20. The summed E-state index contributed by atoms with van der Waals surface area (Å²) in [6.07, 6.45) is 0. The molecule has 1 aromatic rings. The van der Waals surface area contributed by atoms with Crippen LogP contribution in [-0.2, 0) is 0 Å². The Hall–Kier alpha value is -1.30. The van der Waals surface area contributed by atoms with E-state index in [1.54, 1.807) is 22.3 Å². The largest absolute Gasteiger partial charge is 0.0622 e. The van der Waals surface area contributed by atoms with Crippen LogP contribution in [0.3, 0.4) is 0 Å². The van der Waals surface area contributed by atoms with Crippen molar-refractivity contribution in [3.63, 3.8) is 0 Å². The van der Waals surface area contributed by atoms with Gasteiger partial charge >= 0.3 is 0 Å². The summed E-state index contributed by atoms with van der Waals surface area (Å²) < 4.78 is 0. The molecule has 0 N–H and O–H groups in total. The van der Waals surface area contributed by atoms with Gasteiger partial charge in [0.2, 0.25) is 0 Å². The Bertz CT molecular complexity index is 558. The van der Waals surface area contributed by atoms with E-state index in [0.29, 0.717) is 29.6 Å². The van der Waals surface area contributed by atoms with Crippen LogP contribution in [0, 0.1) is 23.7 Å². The average molecular weight is 311 g/mol. The van der Waals surface area contributed by atoms with E-state index in [2.05, 4.69) is 85.7 Å². The lowest BCUT2D eigenvalue weighted by atomic mass is 9.78. The van der Waals surface area contributed by atoms with Gasteiger partial charge in [0.15, 0.2) is 0 Å². The van der Waals surface area contributed by atoms with Crippen LogP contribution in [0.1, 0.15) is 66.9 Å². The van der Waals surface area contributed by atoms with Crippen molar-refractivity contribution < 1.29 is 0 Å². The fourth-order valence-electron chi connectivity index (χ4n) is 4.37. The first-order valence-electron chi connectivity index (χ1n) is 9.30. The van der Waals surface area contributed by atoms with Gasteiger partial charge in [-0.3, -0.25) is 0 Å². The summed E-state index contributed by atoms with van der Waals surface area (Å²) in [6.45, 7) is 18.9. The van der Waals surface area contributed by atoms with E-state index >= 15 is 0 Å². The molecule has 0 atom stereocenters. The summed E-state index contributed by atoms with van der Waals surface area (Å²) in [6, 6.07) is 11.1. The molecule has 1 aliphatic carbocycles. The molecular formula is C23H34. The summed E-state index contributed by atoms with van der Waals surface area (Å²) in [7, 11) is 0. The molecule has 0 fully saturated rings. The van der Waals surface area contributed by atoms with Gasteiger partial charge in [-0.05, 0) is 40.4 Å². The normalized spacial score (nSPS) is 16.9. The highest BCUT2D eigenvalue weighted by molar-refractivity contribution is 5.58. The topological polar surface area (TPSA) is 0 Å². The highest BCUT2D eigenvalue weighted by Gasteiger charge is 2.38. The van der Waals surface area contributed by atoms with Crippen molar-refractivity contribution in [3.8, 4) is 0 Å². The Morgan fingerprint density at radius 3 is 1.26 bits per heavy atom. The van der Waals surface area contributed by atoms with E-state index < -0.39 is 0 Å². The molecule has 0 heterocycles. The molecule has 0 aliphatic heterocycles. The third kappa shape index (κ3) is 3.32. The molecule has 0 saturated heterocycles. The maximum Gasteiger partial charge on any atom is 0.0274 e. The first kappa shape index (κ1) is 18.0. The second kappa shape index (κ2) is 7.07. The monoisotopic (exact) mass is 310 g/mol. The third-order valence-electron chi connectivity index (χ3n) is 5.07. The molecule has 1 aliphatic rings. The van der Waals surface area contributed by atoms with Gasteiger partial charge in [-0.15, -0.1) is 0 Å². The van der Waals surface area contributed by atoms with E-state index in [-0.39, 0.29) is 0 Å². The molecule has 0 unspecified atom stereocenters. The van der Waals surface area contributed by atoms with Crippen LogP contribution in [0.5, 0.6) is 0 Å². The van der Waals surface area contributed by atoms with Crippen molar-refractivity contribution in [1.29, 1.82) is 0 Å². The fourth-order valence-corrected chi connectivity index (χ4v) is 4.37. The van der Waals surface area contributed by atoms with Gasteiger partial charge in [-0.1, -0.05) is 96.9 Å². The highest BCUT2D eigenvalue weighted by Crippen LogP contribution is 2.53. The molecule has 0 spiro atoms. The van der Waals surface area contributed by atoms with E-state index in [4.69, 9.17) is 0 Å². The maximum atomic E-state index is 2.37.